The molecule has 2 atom stereocenters. The van der Waals surface area contributed by atoms with E-state index in [1.807, 2.05) is 0 Å². The molecule has 2 fully saturated rings. The van der Waals surface area contributed by atoms with Gasteiger partial charge in [-0.2, -0.15) is 0 Å². The van der Waals surface area contributed by atoms with E-state index in [1.165, 1.54) is 25.7 Å². The average molecular weight is 253 g/mol. The van der Waals surface area contributed by atoms with E-state index < -0.39 is 0 Å². The summed E-state index contributed by atoms with van der Waals surface area (Å²) < 4.78 is 0. The number of likely N-dealkylation sites (tertiary alicyclic amines) is 1. The summed E-state index contributed by atoms with van der Waals surface area (Å²) >= 11 is 0. The lowest BCUT2D eigenvalue weighted by Crippen LogP contribution is -2.61. The molecule has 2 rings (SSSR count). The monoisotopic (exact) mass is 253 g/mol. The summed E-state index contributed by atoms with van der Waals surface area (Å²) in [5.41, 5.74) is 6.61. The van der Waals surface area contributed by atoms with Crippen LogP contribution in [0.3, 0.4) is 0 Å². The number of hydrogen-bond acceptors (Lipinski definition) is 3. The SMILES string of the molecule is CCC(C)(C)N(C)C1(CN)CC(C)N(C2CC2)C1. The molecule has 3 heteroatoms. The van der Waals surface area contributed by atoms with Crippen LogP contribution in [0.15, 0.2) is 0 Å². The average Bonchev–Trinajstić information content (AvgIpc) is 3.13. The Labute approximate surface area is 113 Å². The van der Waals surface area contributed by atoms with Gasteiger partial charge in [-0.1, -0.05) is 6.92 Å². The summed E-state index contributed by atoms with van der Waals surface area (Å²) in [4.78, 5) is 5.27. The third-order valence-corrected chi connectivity index (χ3v) is 5.60. The first-order valence-corrected chi connectivity index (χ1v) is 7.56. The summed E-state index contributed by atoms with van der Waals surface area (Å²) in [6.45, 7) is 11.3. The van der Waals surface area contributed by atoms with Crippen molar-refractivity contribution in [2.75, 3.05) is 20.1 Å². The molecule has 18 heavy (non-hydrogen) atoms. The van der Waals surface area contributed by atoms with Gasteiger partial charge in [0.15, 0.2) is 0 Å². The molecule has 0 aromatic heterocycles. The van der Waals surface area contributed by atoms with E-state index in [0.717, 1.165) is 19.1 Å². The van der Waals surface area contributed by atoms with E-state index >= 15 is 0 Å². The van der Waals surface area contributed by atoms with Crippen LogP contribution in [0.5, 0.6) is 0 Å². The van der Waals surface area contributed by atoms with Crippen molar-refractivity contribution in [2.45, 2.75) is 76.5 Å². The summed E-state index contributed by atoms with van der Waals surface area (Å²) in [5.74, 6) is 0. The maximum atomic E-state index is 6.20. The maximum Gasteiger partial charge on any atom is 0.0475 e. The van der Waals surface area contributed by atoms with Crippen LogP contribution in [0.1, 0.15) is 53.4 Å². The first-order chi connectivity index (χ1) is 8.36. The number of rotatable bonds is 5. The number of likely N-dealkylation sites (N-methyl/N-ethyl adjacent to an activating group) is 1. The molecule has 2 aliphatic rings. The van der Waals surface area contributed by atoms with Crippen LogP contribution >= 0.6 is 0 Å². The third-order valence-electron chi connectivity index (χ3n) is 5.60. The lowest BCUT2D eigenvalue weighted by Gasteiger charge is -2.47. The van der Waals surface area contributed by atoms with Crippen LogP contribution in [-0.2, 0) is 0 Å². The molecule has 0 aromatic carbocycles. The Morgan fingerprint density at radius 1 is 1.39 bits per heavy atom. The second-order valence-electron chi connectivity index (χ2n) is 7.11. The van der Waals surface area contributed by atoms with E-state index in [2.05, 4.69) is 44.5 Å². The van der Waals surface area contributed by atoms with Crippen molar-refractivity contribution in [3.63, 3.8) is 0 Å². The number of nitrogens with two attached hydrogens (primary N) is 1. The predicted molar refractivity (Wildman–Crippen MR) is 77.7 cm³/mol. The molecule has 2 N–H and O–H groups in total. The molecular weight excluding hydrogens is 222 g/mol. The van der Waals surface area contributed by atoms with Gasteiger partial charge in [0.05, 0.1) is 0 Å². The highest BCUT2D eigenvalue weighted by molar-refractivity contribution is 5.08. The molecule has 1 saturated heterocycles. The van der Waals surface area contributed by atoms with E-state index in [0.29, 0.717) is 6.04 Å². The zero-order chi connectivity index (χ0) is 13.6. The fourth-order valence-corrected chi connectivity index (χ4v) is 3.53. The number of hydrogen-bond donors (Lipinski definition) is 1. The molecule has 1 saturated carbocycles. The molecule has 0 aromatic rings. The van der Waals surface area contributed by atoms with Crippen molar-refractivity contribution in [2.24, 2.45) is 5.73 Å². The molecule has 106 valence electrons. The highest BCUT2D eigenvalue weighted by Gasteiger charge is 2.50. The first kappa shape index (κ1) is 14.3. The molecule has 1 heterocycles. The molecule has 0 amide bonds. The van der Waals surface area contributed by atoms with Gasteiger partial charge in [0.1, 0.15) is 0 Å². The Morgan fingerprint density at radius 3 is 2.44 bits per heavy atom. The predicted octanol–water partition coefficient (Wildman–Crippen LogP) is 2.06. The van der Waals surface area contributed by atoms with Crippen molar-refractivity contribution in [1.29, 1.82) is 0 Å². The zero-order valence-corrected chi connectivity index (χ0v) is 12.9. The molecule has 0 radical (unpaired) electrons. The highest BCUT2D eigenvalue weighted by Crippen LogP contribution is 2.41. The van der Waals surface area contributed by atoms with Gasteiger partial charge < -0.3 is 5.73 Å². The summed E-state index contributed by atoms with van der Waals surface area (Å²) in [6.07, 6.45) is 5.18. The van der Waals surface area contributed by atoms with E-state index in [9.17, 15) is 0 Å². The highest BCUT2D eigenvalue weighted by atomic mass is 15.3. The number of nitrogens with zero attached hydrogens (tertiary/aromatic N) is 2. The van der Waals surface area contributed by atoms with Crippen LogP contribution in [0.25, 0.3) is 0 Å². The molecule has 3 nitrogen and oxygen atoms in total. The lowest BCUT2D eigenvalue weighted by atomic mass is 9.87. The van der Waals surface area contributed by atoms with Gasteiger partial charge >= 0.3 is 0 Å². The van der Waals surface area contributed by atoms with Crippen molar-refractivity contribution in [1.82, 2.24) is 9.80 Å². The first-order valence-electron chi connectivity index (χ1n) is 7.56. The molecule has 2 unspecified atom stereocenters. The molecule has 1 aliphatic heterocycles. The Hall–Kier alpha value is -0.120. The van der Waals surface area contributed by atoms with Gasteiger partial charge in [-0.25, -0.2) is 0 Å². The van der Waals surface area contributed by atoms with Gasteiger partial charge in [0.2, 0.25) is 0 Å². The Balaban J connectivity index is 2.16. The lowest BCUT2D eigenvalue weighted by molar-refractivity contribution is 0.0285. The Bertz CT molecular complexity index is 298. The topological polar surface area (TPSA) is 32.5 Å². The third kappa shape index (κ3) is 2.33. The Morgan fingerprint density at radius 2 is 2.00 bits per heavy atom. The van der Waals surface area contributed by atoms with Gasteiger partial charge in [-0.15, -0.1) is 0 Å². The second-order valence-corrected chi connectivity index (χ2v) is 7.11. The van der Waals surface area contributed by atoms with Crippen molar-refractivity contribution in [3.8, 4) is 0 Å². The fourth-order valence-electron chi connectivity index (χ4n) is 3.53. The quantitative estimate of drug-likeness (QED) is 0.814. The summed E-state index contributed by atoms with van der Waals surface area (Å²) in [5, 5.41) is 0. The van der Waals surface area contributed by atoms with Gasteiger partial charge in [0, 0.05) is 36.3 Å². The van der Waals surface area contributed by atoms with Crippen molar-refractivity contribution < 1.29 is 0 Å². The Kier molecular flexibility index (Phi) is 3.79. The standard InChI is InChI=1S/C15H31N3/c1-6-14(3,4)17(5)15(10-16)9-12(2)18(11-15)13-7-8-13/h12-13H,6-11,16H2,1-5H3. The van der Waals surface area contributed by atoms with Crippen LogP contribution < -0.4 is 5.73 Å². The maximum absolute atomic E-state index is 6.20. The fraction of sp³-hybridized carbons (Fsp3) is 1.00. The van der Waals surface area contributed by atoms with Gasteiger partial charge in [-0.3, -0.25) is 9.80 Å². The summed E-state index contributed by atoms with van der Waals surface area (Å²) in [7, 11) is 2.28. The minimum Gasteiger partial charge on any atom is -0.329 e. The smallest absolute Gasteiger partial charge is 0.0475 e. The van der Waals surface area contributed by atoms with E-state index in [1.54, 1.807) is 0 Å². The van der Waals surface area contributed by atoms with Crippen molar-refractivity contribution >= 4 is 0 Å². The molecule has 0 bridgehead atoms. The van der Waals surface area contributed by atoms with Crippen LogP contribution in [-0.4, -0.2) is 53.1 Å². The second kappa shape index (κ2) is 4.77. The van der Waals surface area contributed by atoms with E-state index in [4.69, 9.17) is 5.73 Å². The van der Waals surface area contributed by atoms with Crippen LogP contribution in [0.2, 0.25) is 0 Å². The minimum absolute atomic E-state index is 0.182. The van der Waals surface area contributed by atoms with Gasteiger partial charge in [-0.05, 0) is 53.5 Å². The minimum atomic E-state index is 0.182. The van der Waals surface area contributed by atoms with Crippen LogP contribution in [0, 0.1) is 0 Å². The largest absolute Gasteiger partial charge is 0.329 e. The van der Waals surface area contributed by atoms with Crippen LogP contribution in [0.4, 0.5) is 0 Å². The molecule has 1 aliphatic carbocycles. The normalized spacial score (nSPS) is 34.5. The molecular formula is C15H31N3. The van der Waals surface area contributed by atoms with E-state index in [-0.39, 0.29) is 11.1 Å². The zero-order valence-electron chi connectivity index (χ0n) is 12.9. The summed E-state index contributed by atoms with van der Waals surface area (Å²) in [6, 6.07) is 1.54. The van der Waals surface area contributed by atoms with Crippen molar-refractivity contribution in [3.05, 3.63) is 0 Å². The molecule has 0 spiro atoms. The van der Waals surface area contributed by atoms with Gasteiger partial charge in [0.25, 0.3) is 0 Å².